The van der Waals surface area contributed by atoms with Crippen LogP contribution in [0.4, 0.5) is 4.79 Å². The fourth-order valence-corrected chi connectivity index (χ4v) is 4.20. The highest BCUT2D eigenvalue weighted by molar-refractivity contribution is 5.94. The molecule has 0 aliphatic rings. The smallest absolute Gasteiger partial charge is 0.408 e. The Bertz CT molecular complexity index is 1240. The monoisotopic (exact) mass is 610 g/mol. The van der Waals surface area contributed by atoms with Gasteiger partial charge in [0.2, 0.25) is 17.7 Å². The van der Waals surface area contributed by atoms with Crippen LogP contribution in [-0.2, 0) is 30.3 Å². The van der Waals surface area contributed by atoms with E-state index < -0.39 is 60.1 Å². The predicted octanol–water partition coefficient (Wildman–Crippen LogP) is 3.52. The maximum absolute atomic E-state index is 13.6. The molecule has 2 rings (SSSR count). The number of ether oxygens (including phenoxy) is 2. The lowest BCUT2D eigenvalue weighted by Crippen LogP contribution is -2.58. The molecule has 0 aliphatic carbocycles. The molecule has 0 spiro atoms. The first kappa shape index (κ1) is 35.8. The molecule has 3 atom stereocenters. The lowest BCUT2D eigenvalue weighted by molar-refractivity contribution is -0.136. The normalized spacial score (nSPS) is 13.3. The van der Waals surface area contributed by atoms with Crippen LogP contribution < -0.4 is 26.0 Å². The van der Waals surface area contributed by atoms with Crippen LogP contribution in [0.5, 0.6) is 5.75 Å². The largest absolute Gasteiger partial charge is 0.444 e. The SMILES string of the molecule is CC(C)C[C@H](NC(=O)[C@@H](NC(=O)OC(C)(C)C)C(C)C)C(=O)N[C@@H](Cc1ccccc1)C(=O)NCC(=O)Oc1ccccc1. The molecule has 0 aliphatic heterocycles. The van der Waals surface area contributed by atoms with Crippen molar-refractivity contribution < 1.29 is 33.4 Å². The van der Waals surface area contributed by atoms with E-state index in [4.69, 9.17) is 9.47 Å². The predicted molar refractivity (Wildman–Crippen MR) is 167 cm³/mol. The van der Waals surface area contributed by atoms with E-state index in [0.29, 0.717) is 5.75 Å². The molecule has 0 fully saturated rings. The van der Waals surface area contributed by atoms with Gasteiger partial charge in [0.25, 0.3) is 0 Å². The van der Waals surface area contributed by atoms with Crippen molar-refractivity contribution in [2.24, 2.45) is 11.8 Å². The molecule has 11 nitrogen and oxygen atoms in total. The first-order chi connectivity index (χ1) is 20.6. The Morgan fingerprint density at radius 2 is 1.30 bits per heavy atom. The van der Waals surface area contributed by atoms with Gasteiger partial charge in [0.1, 0.15) is 36.0 Å². The Morgan fingerprint density at radius 3 is 1.84 bits per heavy atom. The van der Waals surface area contributed by atoms with Crippen molar-refractivity contribution in [3.05, 3.63) is 66.2 Å². The van der Waals surface area contributed by atoms with Crippen molar-refractivity contribution in [3.8, 4) is 5.75 Å². The van der Waals surface area contributed by atoms with E-state index in [-0.39, 0.29) is 24.7 Å². The molecule has 0 radical (unpaired) electrons. The summed E-state index contributed by atoms with van der Waals surface area (Å²) in [6.07, 6.45) is -0.331. The minimum Gasteiger partial charge on any atom is -0.444 e. The molecule has 44 heavy (non-hydrogen) atoms. The molecule has 0 aromatic heterocycles. The van der Waals surface area contributed by atoms with Crippen LogP contribution in [0.3, 0.4) is 0 Å². The number of nitrogens with one attached hydrogen (secondary N) is 4. The summed E-state index contributed by atoms with van der Waals surface area (Å²) in [7, 11) is 0. The Balaban J connectivity index is 2.17. The van der Waals surface area contributed by atoms with E-state index in [1.807, 2.05) is 44.2 Å². The summed E-state index contributed by atoms with van der Waals surface area (Å²) in [5.74, 6) is -2.35. The molecule has 0 bridgehead atoms. The zero-order chi connectivity index (χ0) is 32.9. The van der Waals surface area contributed by atoms with Gasteiger partial charge in [-0.15, -0.1) is 0 Å². The molecular weight excluding hydrogens is 564 g/mol. The summed E-state index contributed by atoms with van der Waals surface area (Å²) in [6, 6.07) is 14.5. The van der Waals surface area contributed by atoms with Crippen LogP contribution in [0.25, 0.3) is 0 Å². The van der Waals surface area contributed by atoms with Gasteiger partial charge in [-0.3, -0.25) is 14.4 Å². The topological polar surface area (TPSA) is 152 Å². The van der Waals surface area contributed by atoms with Crippen molar-refractivity contribution in [1.82, 2.24) is 21.3 Å². The Kier molecular flexibility index (Phi) is 13.8. The molecule has 11 heteroatoms. The highest BCUT2D eigenvalue weighted by Crippen LogP contribution is 2.12. The number of carbonyl (C=O) groups excluding carboxylic acids is 5. The van der Waals surface area contributed by atoms with E-state index >= 15 is 0 Å². The maximum Gasteiger partial charge on any atom is 0.408 e. The average molecular weight is 611 g/mol. The first-order valence-electron chi connectivity index (χ1n) is 14.8. The number of para-hydroxylation sites is 1. The third kappa shape index (κ3) is 13.3. The summed E-state index contributed by atoms with van der Waals surface area (Å²) < 4.78 is 10.5. The van der Waals surface area contributed by atoms with Crippen molar-refractivity contribution in [2.45, 2.75) is 85.0 Å². The van der Waals surface area contributed by atoms with Crippen LogP contribution in [0.2, 0.25) is 0 Å². The van der Waals surface area contributed by atoms with E-state index in [2.05, 4.69) is 21.3 Å². The lowest BCUT2D eigenvalue weighted by Gasteiger charge is -2.28. The zero-order valence-electron chi connectivity index (χ0n) is 26.6. The highest BCUT2D eigenvalue weighted by Gasteiger charge is 2.32. The number of rotatable bonds is 14. The lowest BCUT2D eigenvalue weighted by atomic mass is 9.99. The van der Waals surface area contributed by atoms with Crippen LogP contribution in [0.15, 0.2) is 60.7 Å². The van der Waals surface area contributed by atoms with Crippen LogP contribution >= 0.6 is 0 Å². The molecule has 4 N–H and O–H groups in total. The minimum absolute atomic E-state index is 0.0107. The van der Waals surface area contributed by atoms with Gasteiger partial charge >= 0.3 is 12.1 Å². The molecule has 0 saturated carbocycles. The van der Waals surface area contributed by atoms with Gasteiger partial charge in [0, 0.05) is 6.42 Å². The van der Waals surface area contributed by atoms with E-state index in [1.165, 1.54) is 0 Å². The average Bonchev–Trinajstić information content (AvgIpc) is 2.93. The second-order valence-electron chi connectivity index (χ2n) is 12.3. The standard InChI is InChI=1S/C33H46N4O7/c1-21(2)18-25(36-31(41)28(22(3)4)37-32(42)44-33(5,6)7)30(40)35-26(19-23-14-10-8-11-15-23)29(39)34-20-27(38)43-24-16-12-9-13-17-24/h8-17,21-22,25-26,28H,18-20H2,1-7H3,(H,34,39)(H,35,40)(H,36,41)(H,37,42)/t25-,26-,28-/m0/s1. The fourth-order valence-electron chi connectivity index (χ4n) is 4.20. The zero-order valence-corrected chi connectivity index (χ0v) is 26.6. The Hall–Kier alpha value is -4.41. The van der Waals surface area contributed by atoms with Crippen molar-refractivity contribution >= 4 is 29.8 Å². The van der Waals surface area contributed by atoms with Gasteiger partial charge in [-0.05, 0) is 56.7 Å². The molecule has 0 heterocycles. The van der Waals surface area contributed by atoms with Crippen molar-refractivity contribution in [2.75, 3.05) is 6.54 Å². The second kappa shape index (κ2) is 17.0. The van der Waals surface area contributed by atoms with E-state index in [0.717, 1.165) is 5.56 Å². The number of amides is 4. The van der Waals surface area contributed by atoms with E-state index in [1.54, 1.807) is 65.0 Å². The number of benzene rings is 2. The molecule has 4 amide bonds. The summed E-state index contributed by atoms with van der Waals surface area (Å²) in [4.78, 5) is 64.9. The molecule has 2 aromatic carbocycles. The van der Waals surface area contributed by atoms with E-state index in [9.17, 15) is 24.0 Å². The van der Waals surface area contributed by atoms with Crippen LogP contribution in [0, 0.1) is 11.8 Å². The number of alkyl carbamates (subject to hydrolysis) is 1. The highest BCUT2D eigenvalue weighted by atomic mass is 16.6. The fraction of sp³-hybridized carbons (Fsp3) is 0.485. The molecule has 2 aromatic rings. The number of hydrogen-bond acceptors (Lipinski definition) is 7. The van der Waals surface area contributed by atoms with Crippen LogP contribution in [0.1, 0.15) is 60.5 Å². The van der Waals surface area contributed by atoms with Gasteiger partial charge in [-0.25, -0.2) is 9.59 Å². The third-order valence-corrected chi connectivity index (χ3v) is 6.26. The van der Waals surface area contributed by atoms with Crippen molar-refractivity contribution in [1.29, 1.82) is 0 Å². The Morgan fingerprint density at radius 1 is 0.727 bits per heavy atom. The second-order valence-corrected chi connectivity index (χ2v) is 12.3. The number of esters is 1. The Labute approximate surface area is 259 Å². The van der Waals surface area contributed by atoms with Gasteiger partial charge in [-0.1, -0.05) is 76.2 Å². The number of carbonyl (C=O) groups is 5. The van der Waals surface area contributed by atoms with Gasteiger partial charge in [0.15, 0.2) is 0 Å². The molecular formula is C33H46N4O7. The first-order valence-corrected chi connectivity index (χ1v) is 14.8. The maximum atomic E-state index is 13.6. The number of hydrogen-bond donors (Lipinski definition) is 4. The summed E-state index contributed by atoms with van der Waals surface area (Å²) in [5, 5.41) is 10.7. The quantitative estimate of drug-likeness (QED) is 0.189. The summed E-state index contributed by atoms with van der Waals surface area (Å²) in [6.45, 7) is 12.1. The van der Waals surface area contributed by atoms with Gasteiger partial charge < -0.3 is 30.7 Å². The molecule has 240 valence electrons. The van der Waals surface area contributed by atoms with Crippen LogP contribution in [-0.4, -0.2) is 60.1 Å². The van der Waals surface area contributed by atoms with Crippen molar-refractivity contribution in [3.63, 3.8) is 0 Å². The summed E-state index contributed by atoms with van der Waals surface area (Å²) >= 11 is 0. The summed E-state index contributed by atoms with van der Waals surface area (Å²) in [5.41, 5.74) is 0.0279. The third-order valence-electron chi connectivity index (χ3n) is 6.26. The van der Waals surface area contributed by atoms with Gasteiger partial charge in [0.05, 0.1) is 0 Å². The molecule has 0 saturated heterocycles. The molecule has 0 unspecified atom stereocenters. The van der Waals surface area contributed by atoms with Gasteiger partial charge in [-0.2, -0.15) is 0 Å². The minimum atomic E-state index is -1.05.